The molecule has 0 saturated heterocycles. The van der Waals surface area contributed by atoms with Gasteiger partial charge in [0, 0.05) is 34.7 Å². The van der Waals surface area contributed by atoms with Crippen molar-refractivity contribution in [3.8, 4) is 11.1 Å². The van der Waals surface area contributed by atoms with Crippen molar-refractivity contribution in [2.75, 3.05) is 5.32 Å². The van der Waals surface area contributed by atoms with Crippen LogP contribution in [0.2, 0.25) is 5.02 Å². The number of aromatic amines is 1. The fourth-order valence-corrected chi connectivity index (χ4v) is 4.41. The quantitative estimate of drug-likeness (QED) is 0.372. The van der Waals surface area contributed by atoms with Gasteiger partial charge in [0.15, 0.2) is 5.82 Å². The minimum atomic E-state index is -1.10. The van der Waals surface area contributed by atoms with Crippen molar-refractivity contribution in [1.82, 2.24) is 24.9 Å². The maximum absolute atomic E-state index is 15.5. The second-order valence-electron chi connectivity index (χ2n) is 8.37. The van der Waals surface area contributed by atoms with Crippen molar-refractivity contribution in [2.24, 2.45) is 5.92 Å². The number of carbonyl (C=O) groups is 2. The number of nitrogens with one attached hydrogen (secondary N) is 3. The fourth-order valence-electron chi connectivity index (χ4n) is 4.10. The van der Waals surface area contributed by atoms with Gasteiger partial charge < -0.3 is 15.0 Å². The molecule has 3 heterocycles. The van der Waals surface area contributed by atoms with E-state index in [2.05, 4.69) is 25.8 Å². The summed E-state index contributed by atoms with van der Waals surface area (Å²) >= 11 is 6.52. The molecule has 11 heteroatoms. The molecule has 0 radical (unpaired) electrons. The summed E-state index contributed by atoms with van der Waals surface area (Å²) in [5.41, 5.74) is 2.23. The van der Waals surface area contributed by atoms with E-state index in [1.165, 1.54) is 0 Å². The van der Waals surface area contributed by atoms with Crippen LogP contribution in [0.1, 0.15) is 38.3 Å². The molecule has 1 saturated carbocycles. The molecular weight excluding hydrogens is 466 g/mol. The lowest BCUT2D eigenvalue weighted by Crippen LogP contribution is -2.26. The summed E-state index contributed by atoms with van der Waals surface area (Å²) in [5, 5.41) is 12.8. The van der Waals surface area contributed by atoms with Crippen molar-refractivity contribution >= 4 is 45.8 Å². The molecule has 0 spiro atoms. The van der Waals surface area contributed by atoms with Crippen LogP contribution < -0.4 is 10.6 Å². The van der Waals surface area contributed by atoms with Gasteiger partial charge in [0.05, 0.1) is 34.9 Å². The van der Waals surface area contributed by atoms with Crippen LogP contribution in [0.5, 0.6) is 0 Å². The number of nitrogens with zero attached hydrogens (tertiary/aromatic N) is 3. The Morgan fingerprint density at radius 2 is 2.12 bits per heavy atom. The van der Waals surface area contributed by atoms with Crippen molar-refractivity contribution in [3.05, 3.63) is 47.1 Å². The number of benzene rings is 1. The molecule has 3 atom stereocenters. The number of alkyl halides is 1. The third kappa shape index (κ3) is 3.77. The number of fused-ring (bicyclic) bond motifs is 2. The second kappa shape index (κ2) is 8.35. The predicted octanol–water partition coefficient (Wildman–Crippen LogP) is 4.55. The number of hydrogen-bond acceptors (Lipinski definition) is 4. The third-order valence-electron chi connectivity index (χ3n) is 6.00. The van der Waals surface area contributed by atoms with Crippen LogP contribution in [0.4, 0.5) is 14.6 Å². The Morgan fingerprint density at radius 1 is 1.35 bits per heavy atom. The van der Waals surface area contributed by atoms with E-state index in [9.17, 15) is 14.0 Å². The van der Waals surface area contributed by atoms with Crippen molar-refractivity contribution in [3.63, 3.8) is 0 Å². The molecule has 0 aliphatic heterocycles. The molecular formula is C23H21ClF2N6O2. The number of H-pyrrole nitrogens is 1. The Morgan fingerprint density at radius 3 is 2.82 bits per heavy atom. The molecule has 1 aliphatic rings. The zero-order valence-electron chi connectivity index (χ0n) is 18.3. The smallest absolute Gasteiger partial charge is 0.231 e. The van der Waals surface area contributed by atoms with Gasteiger partial charge in [-0.25, -0.2) is 13.8 Å². The molecule has 8 nitrogen and oxygen atoms in total. The highest BCUT2D eigenvalue weighted by Gasteiger charge is 2.43. The maximum atomic E-state index is 15.5. The Labute approximate surface area is 197 Å². The van der Waals surface area contributed by atoms with E-state index in [0.717, 1.165) is 0 Å². The number of amides is 2. The Bertz CT molecular complexity index is 1450. The third-order valence-corrected chi connectivity index (χ3v) is 6.35. The van der Waals surface area contributed by atoms with E-state index in [-0.39, 0.29) is 29.3 Å². The first kappa shape index (κ1) is 22.3. The van der Waals surface area contributed by atoms with Crippen molar-refractivity contribution in [1.29, 1.82) is 0 Å². The molecule has 4 aromatic rings. The van der Waals surface area contributed by atoms with Gasteiger partial charge >= 0.3 is 0 Å². The summed E-state index contributed by atoms with van der Waals surface area (Å²) in [6.45, 7) is 3.40. The fraction of sp³-hybridized carbons (Fsp3) is 0.304. The van der Waals surface area contributed by atoms with E-state index in [1.807, 2.05) is 0 Å². The number of aromatic nitrogens is 4. The first-order valence-electron chi connectivity index (χ1n) is 10.9. The lowest BCUT2D eigenvalue weighted by molar-refractivity contribution is -0.121. The number of hydrogen-bond donors (Lipinski definition) is 3. The minimum Gasteiger partial charge on any atom is -0.349 e. The number of imidazole rings is 1. The van der Waals surface area contributed by atoms with Gasteiger partial charge in [0.25, 0.3) is 0 Å². The highest BCUT2D eigenvalue weighted by Crippen LogP contribution is 2.41. The van der Waals surface area contributed by atoms with Crippen LogP contribution in [0.15, 0.2) is 30.7 Å². The van der Waals surface area contributed by atoms with Gasteiger partial charge in [-0.1, -0.05) is 18.5 Å². The zero-order valence-corrected chi connectivity index (χ0v) is 19.1. The number of anilines is 1. The Hall–Kier alpha value is -3.53. The summed E-state index contributed by atoms with van der Waals surface area (Å²) in [5.74, 6) is -1.60. The predicted molar refractivity (Wildman–Crippen MR) is 124 cm³/mol. The molecule has 5 rings (SSSR count). The van der Waals surface area contributed by atoms with E-state index in [1.54, 1.807) is 49.0 Å². The van der Waals surface area contributed by atoms with E-state index >= 15 is 4.39 Å². The highest BCUT2D eigenvalue weighted by molar-refractivity contribution is 6.35. The number of halogens is 3. The van der Waals surface area contributed by atoms with Crippen molar-refractivity contribution < 1.29 is 18.4 Å². The number of pyridine rings is 1. The molecule has 3 unspecified atom stereocenters. The lowest BCUT2D eigenvalue weighted by Gasteiger charge is -2.18. The highest BCUT2D eigenvalue weighted by atomic mass is 35.5. The summed E-state index contributed by atoms with van der Waals surface area (Å²) in [6, 6.07) is 2.82. The Kier molecular flexibility index (Phi) is 5.47. The topological polar surface area (TPSA) is 104 Å². The summed E-state index contributed by atoms with van der Waals surface area (Å²) in [7, 11) is 0. The standard InChI is InChI=1S/C23H21ClF2N6O2/c1-3-17(33)28-10(2)18-21(26)20(24)19(13-7-27-31-22(13)18)11-4-5-16-29-15(9-32(16)8-11)30-23(34)12-6-14(12)25/h4-5,7-10,12,14H,3,6H2,1-2H3,(H,27,31)(H,28,33)(H,30,34). The normalized spacial score (nSPS) is 18.3. The van der Waals surface area contributed by atoms with E-state index in [0.29, 0.717) is 33.5 Å². The molecule has 2 amide bonds. The van der Waals surface area contributed by atoms with Crippen LogP contribution >= 0.6 is 11.6 Å². The molecule has 1 aromatic carbocycles. The zero-order chi connectivity index (χ0) is 24.1. The van der Waals surface area contributed by atoms with Gasteiger partial charge in [-0.15, -0.1) is 0 Å². The molecule has 176 valence electrons. The minimum absolute atomic E-state index is 0.0998. The maximum Gasteiger partial charge on any atom is 0.231 e. The van der Waals surface area contributed by atoms with Crippen LogP contribution in [0, 0.1) is 11.7 Å². The summed E-state index contributed by atoms with van der Waals surface area (Å²) in [6.07, 6.45) is 4.26. The number of rotatable bonds is 6. The first-order valence-corrected chi connectivity index (χ1v) is 11.2. The summed E-state index contributed by atoms with van der Waals surface area (Å²) < 4.78 is 30.3. The second-order valence-corrected chi connectivity index (χ2v) is 8.75. The molecule has 1 aliphatic carbocycles. The largest absolute Gasteiger partial charge is 0.349 e. The SMILES string of the molecule is CCC(=O)NC(C)c1c(F)c(Cl)c(-c2ccc3nc(NC(=O)C4CC4F)cn3c2)c2cn[nH]c12. The monoisotopic (exact) mass is 486 g/mol. The van der Waals surface area contributed by atoms with Crippen molar-refractivity contribution in [2.45, 2.75) is 38.9 Å². The molecule has 34 heavy (non-hydrogen) atoms. The average molecular weight is 487 g/mol. The molecule has 3 aromatic heterocycles. The average Bonchev–Trinajstić information content (AvgIpc) is 3.17. The lowest BCUT2D eigenvalue weighted by atomic mass is 9.96. The summed E-state index contributed by atoms with van der Waals surface area (Å²) in [4.78, 5) is 28.2. The number of carbonyl (C=O) groups excluding carboxylic acids is 2. The van der Waals surface area contributed by atoms with Crippen LogP contribution in [0.3, 0.4) is 0 Å². The Balaban J connectivity index is 1.55. The molecule has 3 N–H and O–H groups in total. The van der Waals surface area contributed by atoms with Gasteiger partial charge in [-0.2, -0.15) is 5.10 Å². The van der Waals surface area contributed by atoms with E-state index in [4.69, 9.17) is 11.6 Å². The molecule has 1 fully saturated rings. The van der Waals surface area contributed by atoms with Crippen LogP contribution in [0.25, 0.3) is 27.7 Å². The van der Waals surface area contributed by atoms with Gasteiger partial charge in [0.1, 0.15) is 17.6 Å². The van der Waals surface area contributed by atoms with E-state index < -0.39 is 29.9 Å². The van der Waals surface area contributed by atoms with Gasteiger partial charge in [-0.3, -0.25) is 14.7 Å². The first-order chi connectivity index (χ1) is 16.3. The van der Waals surface area contributed by atoms with Crippen LogP contribution in [-0.4, -0.2) is 37.6 Å². The van der Waals surface area contributed by atoms with Crippen LogP contribution in [-0.2, 0) is 9.59 Å². The van der Waals surface area contributed by atoms with Gasteiger partial charge in [0.2, 0.25) is 11.8 Å². The molecule has 0 bridgehead atoms. The van der Waals surface area contributed by atoms with Gasteiger partial charge in [-0.05, 0) is 25.5 Å².